The molecule has 0 unspecified atom stereocenters. The Hall–Kier alpha value is -5.74. The maximum atomic E-state index is 13.4. The van der Waals surface area contributed by atoms with Gasteiger partial charge >= 0.3 is 0 Å². The Balaban J connectivity index is 0.864. The smallest absolute Gasteiger partial charge is 0.193 e. The summed E-state index contributed by atoms with van der Waals surface area (Å²) >= 11 is 0. The Morgan fingerprint density at radius 3 is 1.19 bits per heavy atom. The van der Waals surface area contributed by atoms with E-state index in [4.69, 9.17) is 0 Å². The molecule has 8 aromatic rings. The third-order valence-corrected chi connectivity index (χ3v) is 11.1. The number of rotatable bonds is 14. The van der Waals surface area contributed by atoms with Crippen LogP contribution in [0.4, 0.5) is 0 Å². The maximum Gasteiger partial charge on any atom is 0.193 e. The predicted octanol–water partition coefficient (Wildman–Crippen LogP) is 12.4. The SMILES string of the molecule is Cc1ccccc1C(=O)c1ccc2c(c1)c1ccccc1n2CCCCCCCCCn1c2ccccc2c2cc(C(=O)c3ccccc3C)ccc21. The molecule has 6 aromatic carbocycles. The van der Waals surface area contributed by atoms with Crippen molar-refractivity contribution in [3.63, 3.8) is 0 Å². The molecule has 8 rings (SSSR count). The van der Waals surface area contributed by atoms with Crippen LogP contribution in [0.1, 0.15) is 87.9 Å². The third kappa shape index (κ3) is 6.70. The van der Waals surface area contributed by atoms with E-state index in [0.29, 0.717) is 0 Å². The second-order valence-electron chi connectivity index (χ2n) is 14.6. The monoisotopic (exact) mass is 694 g/mol. The molecule has 53 heavy (non-hydrogen) atoms. The molecule has 0 aliphatic carbocycles. The van der Waals surface area contributed by atoms with E-state index in [9.17, 15) is 9.59 Å². The van der Waals surface area contributed by atoms with Crippen LogP contribution in [0.25, 0.3) is 43.6 Å². The fraction of sp³-hybridized carbons (Fsp3) is 0.224. The molecule has 0 spiro atoms. The largest absolute Gasteiger partial charge is 0.340 e. The number of hydrogen-bond donors (Lipinski definition) is 0. The van der Waals surface area contributed by atoms with Crippen LogP contribution in [0, 0.1) is 13.8 Å². The quantitative estimate of drug-likeness (QED) is 0.0840. The molecule has 0 amide bonds. The summed E-state index contributed by atoms with van der Waals surface area (Å²) in [5, 5.41) is 4.72. The highest BCUT2D eigenvalue weighted by Crippen LogP contribution is 2.33. The van der Waals surface area contributed by atoms with E-state index >= 15 is 0 Å². The first kappa shape index (κ1) is 34.4. The second kappa shape index (κ2) is 15.1. The molecule has 264 valence electrons. The van der Waals surface area contributed by atoms with Gasteiger partial charge in [-0.1, -0.05) is 117 Å². The molecule has 0 atom stereocenters. The van der Waals surface area contributed by atoms with Gasteiger partial charge in [0.1, 0.15) is 0 Å². The van der Waals surface area contributed by atoms with Crippen molar-refractivity contribution in [2.24, 2.45) is 0 Å². The van der Waals surface area contributed by atoms with Crippen molar-refractivity contribution in [3.8, 4) is 0 Å². The van der Waals surface area contributed by atoms with Crippen LogP contribution in [-0.4, -0.2) is 20.7 Å². The molecule has 2 heterocycles. The lowest BCUT2D eigenvalue weighted by molar-refractivity contribution is 0.103. The van der Waals surface area contributed by atoms with Crippen LogP contribution in [0.2, 0.25) is 0 Å². The molecular formula is C49H46N2O2. The molecule has 0 saturated heterocycles. The van der Waals surface area contributed by atoms with E-state index in [1.807, 2.05) is 74.5 Å². The Bertz CT molecular complexity index is 2440. The minimum Gasteiger partial charge on any atom is -0.340 e. The molecule has 0 aliphatic heterocycles. The third-order valence-electron chi connectivity index (χ3n) is 11.1. The summed E-state index contributed by atoms with van der Waals surface area (Å²) in [6.07, 6.45) is 8.39. The zero-order valence-electron chi connectivity index (χ0n) is 30.8. The number of carbonyl (C=O) groups is 2. The molecule has 4 heteroatoms. The summed E-state index contributed by atoms with van der Waals surface area (Å²) in [6.45, 7) is 5.94. The molecule has 0 radical (unpaired) electrons. The topological polar surface area (TPSA) is 44.0 Å². The van der Waals surface area contributed by atoms with Crippen molar-refractivity contribution >= 4 is 55.2 Å². The summed E-state index contributed by atoms with van der Waals surface area (Å²) in [5.41, 5.74) is 9.91. The Morgan fingerprint density at radius 1 is 0.396 bits per heavy atom. The van der Waals surface area contributed by atoms with Crippen LogP contribution < -0.4 is 0 Å². The van der Waals surface area contributed by atoms with Crippen molar-refractivity contribution in [1.82, 2.24) is 9.13 Å². The number of hydrogen-bond acceptors (Lipinski definition) is 2. The van der Waals surface area contributed by atoms with Crippen LogP contribution >= 0.6 is 0 Å². The van der Waals surface area contributed by atoms with Gasteiger partial charge in [0, 0.05) is 79.0 Å². The molecular weight excluding hydrogens is 649 g/mol. The number of benzene rings is 6. The molecule has 0 saturated carbocycles. The molecule has 0 aliphatic rings. The van der Waals surface area contributed by atoms with Crippen LogP contribution in [-0.2, 0) is 13.1 Å². The van der Waals surface area contributed by atoms with Crippen LogP contribution in [0.15, 0.2) is 133 Å². The average Bonchev–Trinajstić information content (AvgIpc) is 3.68. The first-order chi connectivity index (χ1) is 26.0. The number of aromatic nitrogens is 2. The van der Waals surface area contributed by atoms with E-state index in [-0.39, 0.29) is 11.6 Å². The van der Waals surface area contributed by atoms with Gasteiger partial charge in [-0.2, -0.15) is 0 Å². The number of fused-ring (bicyclic) bond motifs is 6. The Kier molecular flexibility index (Phi) is 9.78. The van der Waals surface area contributed by atoms with Gasteiger partial charge in [0.15, 0.2) is 11.6 Å². The zero-order chi connectivity index (χ0) is 36.3. The minimum atomic E-state index is 0.0813. The van der Waals surface area contributed by atoms with Gasteiger partial charge in [0.05, 0.1) is 0 Å². The van der Waals surface area contributed by atoms with E-state index in [1.165, 1.54) is 64.9 Å². The standard InChI is InChI=1S/C49H46N2O2/c1-34-18-8-10-20-38(34)48(52)36-26-28-46-42(32-36)40-22-12-14-24-44(40)50(46)30-16-6-4-3-5-7-17-31-51-45-25-15-13-23-41(45)43-33-37(27-29-47(43)51)49(53)39-21-11-9-19-35(39)2/h8-15,18-29,32-33H,3-7,16-17,30-31H2,1-2H3. The minimum absolute atomic E-state index is 0.0813. The fourth-order valence-electron chi connectivity index (χ4n) is 8.26. The van der Waals surface area contributed by atoms with Gasteiger partial charge in [-0.15, -0.1) is 0 Å². The number of carbonyl (C=O) groups excluding carboxylic acids is 2. The normalized spacial score (nSPS) is 11.7. The first-order valence-electron chi connectivity index (χ1n) is 19.2. The molecule has 0 N–H and O–H groups in total. The maximum absolute atomic E-state index is 13.4. The fourth-order valence-corrected chi connectivity index (χ4v) is 8.26. The van der Waals surface area contributed by atoms with Gasteiger partial charge in [0.2, 0.25) is 0 Å². The van der Waals surface area contributed by atoms with E-state index in [0.717, 1.165) is 70.1 Å². The number of unbranched alkanes of at least 4 members (excludes halogenated alkanes) is 6. The first-order valence-corrected chi connectivity index (χ1v) is 19.2. The van der Waals surface area contributed by atoms with E-state index in [1.54, 1.807) is 0 Å². The summed E-state index contributed by atoms with van der Waals surface area (Å²) < 4.78 is 4.89. The lowest BCUT2D eigenvalue weighted by Gasteiger charge is -2.09. The lowest BCUT2D eigenvalue weighted by atomic mass is 9.98. The van der Waals surface area contributed by atoms with Crippen LogP contribution in [0.3, 0.4) is 0 Å². The highest BCUT2D eigenvalue weighted by molar-refractivity contribution is 6.16. The number of para-hydroxylation sites is 2. The van der Waals surface area contributed by atoms with Crippen molar-refractivity contribution in [2.75, 3.05) is 0 Å². The molecule has 0 bridgehead atoms. The lowest BCUT2D eigenvalue weighted by Crippen LogP contribution is -2.03. The van der Waals surface area contributed by atoms with Gasteiger partial charge in [-0.25, -0.2) is 0 Å². The summed E-state index contributed by atoms with van der Waals surface area (Å²) in [5.74, 6) is 0.163. The summed E-state index contributed by atoms with van der Waals surface area (Å²) in [4.78, 5) is 26.8. The second-order valence-corrected chi connectivity index (χ2v) is 14.6. The van der Waals surface area contributed by atoms with Gasteiger partial charge in [0.25, 0.3) is 0 Å². The molecule has 0 fully saturated rings. The van der Waals surface area contributed by atoms with Crippen molar-refractivity contribution in [3.05, 3.63) is 167 Å². The summed E-state index contributed by atoms with van der Waals surface area (Å²) in [7, 11) is 0. The zero-order valence-corrected chi connectivity index (χ0v) is 30.8. The van der Waals surface area contributed by atoms with Crippen molar-refractivity contribution in [2.45, 2.75) is 71.9 Å². The highest BCUT2D eigenvalue weighted by atomic mass is 16.1. The number of nitrogens with zero attached hydrogens (tertiary/aromatic N) is 2. The highest BCUT2D eigenvalue weighted by Gasteiger charge is 2.17. The van der Waals surface area contributed by atoms with Crippen LogP contribution in [0.5, 0.6) is 0 Å². The summed E-state index contributed by atoms with van der Waals surface area (Å²) in [6, 6.07) is 45.3. The van der Waals surface area contributed by atoms with Crippen molar-refractivity contribution in [1.29, 1.82) is 0 Å². The Labute approximate surface area is 311 Å². The molecule has 4 nitrogen and oxygen atoms in total. The number of ketones is 2. The number of aryl methyl sites for hydroxylation is 4. The van der Waals surface area contributed by atoms with E-state index < -0.39 is 0 Å². The van der Waals surface area contributed by atoms with E-state index in [2.05, 4.69) is 81.9 Å². The van der Waals surface area contributed by atoms with Crippen molar-refractivity contribution < 1.29 is 9.59 Å². The van der Waals surface area contributed by atoms with Gasteiger partial charge < -0.3 is 9.13 Å². The average molecular weight is 695 g/mol. The van der Waals surface area contributed by atoms with Gasteiger partial charge in [-0.05, 0) is 86.3 Å². The molecule has 2 aromatic heterocycles. The predicted molar refractivity (Wildman–Crippen MR) is 220 cm³/mol. The Morgan fingerprint density at radius 2 is 0.755 bits per heavy atom. The van der Waals surface area contributed by atoms with Gasteiger partial charge in [-0.3, -0.25) is 9.59 Å².